The van der Waals surface area contributed by atoms with Gasteiger partial charge in [-0.3, -0.25) is 0 Å². The number of hydrogen-bond donors (Lipinski definition) is 3. The second kappa shape index (κ2) is 7.24. The first-order valence-electron chi connectivity index (χ1n) is 5.93. The van der Waals surface area contributed by atoms with Crippen LogP contribution < -0.4 is 21.7 Å². The van der Waals surface area contributed by atoms with Gasteiger partial charge in [-0.2, -0.15) is 0 Å². The first-order chi connectivity index (χ1) is 9.52. The molecule has 0 bridgehead atoms. The predicted molar refractivity (Wildman–Crippen MR) is 77.6 cm³/mol. The summed E-state index contributed by atoms with van der Waals surface area (Å²) in [6.07, 6.45) is 5.20. The Balaban J connectivity index is 0.00000220. The number of hydrogen-bond acceptors (Lipinski definition) is 5. The van der Waals surface area contributed by atoms with E-state index in [0.29, 0.717) is 12.1 Å². The van der Waals surface area contributed by atoms with Crippen molar-refractivity contribution >= 4 is 23.5 Å². The van der Waals surface area contributed by atoms with Gasteiger partial charge in [0.15, 0.2) is 23.1 Å². The molecule has 112 valence electrons. The number of aryl methyl sites for hydroxylation is 1. The molecule has 0 radical (unpaired) electrons. The van der Waals surface area contributed by atoms with Crippen LogP contribution in [0.15, 0.2) is 24.8 Å². The number of aromatic nitrogens is 2. The molecule has 0 saturated heterocycles. The van der Waals surface area contributed by atoms with Crippen LogP contribution in [-0.4, -0.2) is 20.4 Å². The van der Waals surface area contributed by atoms with Crippen molar-refractivity contribution in [3.63, 3.8) is 0 Å². The molecule has 1 heterocycles. The number of allylic oxidation sites excluding steroid dienone is 1. The molecule has 2 rings (SSSR count). The molecule has 1 aromatic heterocycles. The smallest absolute Gasteiger partial charge is 0.289 e. The van der Waals surface area contributed by atoms with Crippen molar-refractivity contribution in [3.05, 3.63) is 40.4 Å². The van der Waals surface area contributed by atoms with Crippen molar-refractivity contribution in [2.45, 2.75) is 13.5 Å². The van der Waals surface area contributed by atoms with Crippen molar-refractivity contribution in [1.29, 1.82) is 0 Å². The minimum Gasteiger partial charge on any atom is -1.00 e. The highest BCUT2D eigenvalue weighted by atomic mass is 79.9. The van der Waals surface area contributed by atoms with Crippen molar-refractivity contribution in [1.82, 2.24) is 5.10 Å². The fourth-order valence-corrected chi connectivity index (χ4v) is 2.50. The van der Waals surface area contributed by atoms with E-state index in [-0.39, 0.29) is 28.5 Å². The van der Waals surface area contributed by atoms with Gasteiger partial charge in [0.1, 0.15) is 0 Å². The molecule has 0 fully saturated rings. The number of phenolic OH excluding ortho intramolecular Hbond substituents is 3. The van der Waals surface area contributed by atoms with Crippen molar-refractivity contribution < 1.29 is 37.0 Å². The molecule has 0 aliphatic rings. The molecular formula is C14H15BrN2O3S. The molecule has 0 spiro atoms. The second-order valence-electron chi connectivity index (χ2n) is 4.13. The van der Waals surface area contributed by atoms with E-state index >= 15 is 0 Å². The zero-order chi connectivity index (χ0) is 14.7. The quantitative estimate of drug-likeness (QED) is 0.374. The Bertz CT molecular complexity index is 683. The zero-order valence-corrected chi connectivity index (χ0v) is 13.7. The maximum atomic E-state index is 9.74. The molecule has 2 aromatic rings. The first kappa shape index (κ1) is 17.2. The summed E-state index contributed by atoms with van der Waals surface area (Å²) in [5, 5.41) is 34.6. The molecule has 0 unspecified atom stereocenters. The fraction of sp³-hybridized carbons (Fsp3) is 0.143. The zero-order valence-electron chi connectivity index (χ0n) is 11.3. The van der Waals surface area contributed by atoms with Crippen LogP contribution >= 0.6 is 11.3 Å². The standard InChI is InChI=1S/C14H14N2O3S.BrH/c1-3-8-16-12(20-9(2)15-16)7-5-10-4-6-11(17)14(19)13(10)18;/h3-7H,1,8H2,2H3,(H2,17,18,19);1H. The predicted octanol–water partition coefficient (Wildman–Crippen LogP) is -0.784. The number of halogens is 1. The third-order valence-electron chi connectivity index (χ3n) is 2.64. The molecule has 5 nitrogen and oxygen atoms in total. The normalized spacial score (nSPS) is 10.5. The van der Waals surface area contributed by atoms with Crippen molar-refractivity contribution in [3.8, 4) is 17.2 Å². The highest BCUT2D eigenvalue weighted by Gasteiger charge is 2.14. The van der Waals surface area contributed by atoms with Gasteiger partial charge >= 0.3 is 0 Å². The molecule has 0 saturated carbocycles. The van der Waals surface area contributed by atoms with Crippen LogP contribution in [-0.2, 0) is 6.54 Å². The van der Waals surface area contributed by atoms with E-state index in [1.807, 2.05) is 6.92 Å². The Labute approximate surface area is 136 Å². The van der Waals surface area contributed by atoms with Gasteiger partial charge < -0.3 is 32.3 Å². The van der Waals surface area contributed by atoms with E-state index in [1.165, 1.54) is 23.5 Å². The maximum Gasteiger partial charge on any atom is 0.289 e. The first-order valence-corrected chi connectivity index (χ1v) is 6.75. The third kappa shape index (κ3) is 3.83. The van der Waals surface area contributed by atoms with Crippen LogP contribution in [0.2, 0.25) is 0 Å². The topological polar surface area (TPSA) is 77.5 Å². The lowest BCUT2D eigenvalue weighted by molar-refractivity contribution is -0.741. The summed E-state index contributed by atoms with van der Waals surface area (Å²) in [5.74, 6) is -1.22. The summed E-state index contributed by atoms with van der Waals surface area (Å²) >= 11 is 1.51. The Morgan fingerprint density at radius 2 is 1.95 bits per heavy atom. The maximum absolute atomic E-state index is 9.74. The van der Waals surface area contributed by atoms with E-state index < -0.39 is 5.75 Å². The monoisotopic (exact) mass is 370 g/mol. The van der Waals surface area contributed by atoms with Crippen molar-refractivity contribution in [2.75, 3.05) is 0 Å². The Morgan fingerprint density at radius 3 is 2.62 bits per heavy atom. The van der Waals surface area contributed by atoms with Crippen LogP contribution in [0, 0.1) is 6.92 Å². The SMILES string of the molecule is C=CC[n+]1nc(C)sc1/C=C/c1ccc(O)c(O)c1O.[Br-]. The van der Waals surface area contributed by atoms with Gasteiger partial charge in [0.2, 0.25) is 5.75 Å². The summed E-state index contributed by atoms with van der Waals surface area (Å²) < 4.78 is 1.79. The Kier molecular flexibility index (Phi) is 5.92. The van der Waals surface area contributed by atoms with Gasteiger partial charge in [0.25, 0.3) is 5.01 Å². The molecule has 3 N–H and O–H groups in total. The lowest BCUT2D eigenvalue weighted by Crippen LogP contribution is -3.00. The number of benzene rings is 1. The fourth-order valence-electron chi connectivity index (χ4n) is 1.70. The Morgan fingerprint density at radius 1 is 1.24 bits per heavy atom. The highest BCUT2D eigenvalue weighted by Crippen LogP contribution is 2.37. The van der Waals surface area contributed by atoms with E-state index in [1.54, 1.807) is 22.9 Å². The van der Waals surface area contributed by atoms with Gasteiger partial charge in [0.05, 0.1) is 0 Å². The summed E-state index contributed by atoms with van der Waals surface area (Å²) in [7, 11) is 0. The van der Waals surface area contributed by atoms with Gasteiger partial charge in [-0.15, -0.1) is 0 Å². The van der Waals surface area contributed by atoms with E-state index in [9.17, 15) is 15.3 Å². The minimum atomic E-state index is -0.522. The largest absolute Gasteiger partial charge is 1.00 e. The molecule has 1 aromatic carbocycles. The van der Waals surface area contributed by atoms with Crippen molar-refractivity contribution in [2.24, 2.45) is 0 Å². The number of phenols is 3. The molecule has 21 heavy (non-hydrogen) atoms. The summed E-state index contributed by atoms with van der Waals surface area (Å²) in [4.78, 5) is 0. The molecule has 0 aliphatic carbocycles. The molecule has 0 atom stereocenters. The minimum absolute atomic E-state index is 0. The second-order valence-corrected chi connectivity index (χ2v) is 5.35. The lowest BCUT2D eigenvalue weighted by atomic mass is 10.1. The van der Waals surface area contributed by atoms with Gasteiger partial charge in [-0.05, 0) is 42.5 Å². The molecule has 0 aliphatic heterocycles. The number of aromatic hydroxyl groups is 3. The number of rotatable bonds is 4. The highest BCUT2D eigenvalue weighted by molar-refractivity contribution is 7.11. The summed E-state index contributed by atoms with van der Waals surface area (Å²) in [6, 6.07) is 2.84. The average Bonchev–Trinajstić information content (AvgIpc) is 2.76. The van der Waals surface area contributed by atoms with Crippen LogP contribution in [0.4, 0.5) is 0 Å². The molecule has 7 heteroatoms. The van der Waals surface area contributed by atoms with Gasteiger partial charge in [-0.25, -0.2) is 0 Å². The average molecular weight is 371 g/mol. The van der Waals surface area contributed by atoms with E-state index in [2.05, 4.69) is 11.7 Å². The summed E-state index contributed by atoms with van der Waals surface area (Å²) in [6.45, 7) is 6.18. The molecule has 0 amide bonds. The summed E-state index contributed by atoms with van der Waals surface area (Å²) in [5.41, 5.74) is 0.413. The van der Waals surface area contributed by atoms with Gasteiger partial charge in [0, 0.05) is 16.7 Å². The van der Waals surface area contributed by atoms with Crippen LogP contribution in [0.1, 0.15) is 15.6 Å². The van der Waals surface area contributed by atoms with E-state index in [4.69, 9.17) is 0 Å². The molecular weight excluding hydrogens is 356 g/mol. The van der Waals surface area contributed by atoms with E-state index in [0.717, 1.165) is 10.0 Å². The van der Waals surface area contributed by atoms with Crippen LogP contribution in [0.5, 0.6) is 17.2 Å². The third-order valence-corrected chi connectivity index (χ3v) is 3.57. The lowest BCUT2D eigenvalue weighted by Gasteiger charge is -2.02. The Hall–Kier alpha value is -1.86. The number of nitrogens with zero attached hydrogens (tertiary/aromatic N) is 2. The van der Waals surface area contributed by atoms with Crippen LogP contribution in [0.3, 0.4) is 0 Å². The van der Waals surface area contributed by atoms with Crippen LogP contribution in [0.25, 0.3) is 12.2 Å². The van der Waals surface area contributed by atoms with Gasteiger partial charge in [-0.1, -0.05) is 11.3 Å².